The van der Waals surface area contributed by atoms with E-state index < -0.39 is 29.3 Å². The number of amides is 4. The van der Waals surface area contributed by atoms with E-state index in [1.165, 1.54) is 4.40 Å². The Labute approximate surface area is 237 Å². The van der Waals surface area contributed by atoms with Gasteiger partial charge >= 0.3 is 6.03 Å². The standard InChI is InChI=1S/C30H33N5O6/c1-18-8-7-14-34-24(18)31-25-20(26(34)36)17-30(23-9-5-4-6-13-33(23)25)27(37)32-29(39)35(28(30)38)15-12-19-10-11-21(40-2)22(16-19)41-3/h7-8,10-11,14,16,23H,4-6,9,12-13,15,17H2,1-3H3,(H,32,37,39)/t23-,30+/m0/s1. The van der Waals surface area contributed by atoms with Crippen LogP contribution in [-0.4, -0.2) is 65.5 Å². The Kier molecular flexibility index (Phi) is 6.67. The lowest BCUT2D eigenvalue weighted by Gasteiger charge is -2.50. The Balaban J connectivity index is 1.42. The van der Waals surface area contributed by atoms with Gasteiger partial charge in [-0.2, -0.15) is 0 Å². The van der Waals surface area contributed by atoms with Crippen LogP contribution in [0.1, 0.15) is 42.4 Å². The fourth-order valence-electron chi connectivity index (χ4n) is 6.62. The van der Waals surface area contributed by atoms with Gasteiger partial charge in [-0.15, -0.1) is 0 Å². The first-order chi connectivity index (χ1) is 19.8. The van der Waals surface area contributed by atoms with Crippen molar-refractivity contribution < 1.29 is 23.9 Å². The van der Waals surface area contributed by atoms with Crippen LogP contribution in [0.15, 0.2) is 41.3 Å². The fourth-order valence-corrected chi connectivity index (χ4v) is 6.62. The van der Waals surface area contributed by atoms with Gasteiger partial charge in [0.1, 0.15) is 11.5 Å². The minimum Gasteiger partial charge on any atom is -0.493 e. The topological polar surface area (TPSA) is 123 Å². The number of carbonyl (C=O) groups is 3. The number of hydrogen-bond donors (Lipinski definition) is 1. The van der Waals surface area contributed by atoms with Gasteiger partial charge in [-0.3, -0.25) is 29.0 Å². The summed E-state index contributed by atoms with van der Waals surface area (Å²) < 4.78 is 12.2. The molecule has 3 aliphatic heterocycles. The zero-order chi connectivity index (χ0) is 28.9. The van der Waals surface area contributed by atoms with Gasteiger partial charge in [-0.25, -0.2) is 9.78 Å². The van der Waals surface area contributed by atoms with Crippen LogP contribution in [0.2, 0.25) is 0 Å². The van der Waals surface area contributed by atoms with Crippen LogP contribution >= 0.6 is 0 Å². The number of pyridine rings is 1. The van der Waals surface area contributed by atoms with E-state index >= 15 is 0 Å². The summed E-state index contributed by atoms with van der Waals surface area (Å²) in [6.45, 7) is 2.52. The van der Waals surface area contributed by atoms with Gasteiger partial charge in [0, 0.05) is 25.7 Å². The molecule has 2 saturated heterocycles. The van der Waals surface area contributed by atoms with Crippen molar-refractivity contribution in [1.82, 2.24) is 19.6 Å². The molecule has 5 heterocycles. The van der Waals surface area contributed by atoms with E-state index in [0.717, 1.165) is 35.3 Å². The SMILES string of the molecule is COc1ccc(CCN2C(=O)NC(=O)[C@]3(Cc4c(nc5c(C)cccn5c4=O)N4CCCCC[C@H]43)C2=O)cc1OC. The van der Waals surface area contributed by atoms with Gasteiger partial charge in [0.15, 0.2) is 16.9 Å². The molecule has 1 N–H and O–H groups in total. The molecule has 1 aromatic carbocycles. The maximum absolute atomic E-state index is 14.4. The molecule has 6 rings (SSSR count). The lowest BCUT2D eigenvalue weighted by molar-refractivity contribution is -0.153. The first kappa shape index (κ1) is 26.8. The highest BCUT2D eigenvalue weighted by molar-refractivity contribution is 6.20. The molecular formula is C30H33N5O6. The zero-order valence-corrected chi connectivity index (χ0v) is 23.4. The molecule has 3 aromatic rings. The number of rotatable bonds is 5. The number of barbiturate groups is 1. The number of aryl methyl sites for hydroxylation is 1. The van der Waals surface area contributed by atoms with Crippen LogP contribution in [-0.2, 0) is 22.4 Å². The monoisotopic (exact) mass is 559 g/mol. The summed E-state index contributed by atoms with van der Waals surface area (Å²) in [5.74, 6) is 0.439. The number of carbonyl (C=O) groups excluding carboxylic acids is 3. The molecule has 0 saturated carbocycles. The van der Waals surface area contributed by atoms with E-state index in [4.69, 9.17) is 14.5 Å². The Hall–Kier alpha value is -4.41. The lowest BCUT2D eigenvalue weighted by atomic mass is 9.68. The summed E-state index contributed by atoms with van der Waals surface area (Å²) in [7, 11) is 3.09. The molecule has 1 spiro atoms. The zero-order valence-electron chi connectivity index (χ0n) is 23.4. The molecule has 2 atom stereocenters. The van der Waals surface area contributed by atoms with Crippen molar-refractivity contribution in [2.45, 2.75) is 51.5 Å². The molecule has 11 heteroatoms. The van der Waals surface area contributed by atoms with Gasteiger partial charge in [0.2, 0.25) is 11.8 Å². The highest BCUT2D eigenvalue weighted by Gasteiger charge is 2.62. The number of aromatic nitrogens is 2. The van der Waals surface area contributed by atoms with Crippen molar-refractivity contribution in [3.8, 4) is 11.5 Å². The fraction of sp³-hybridized carbons (Fsp3) is 0.433. The van der Waals surface area contributed by atoms with Crippen LogP contribution in [0, 0.1) is 12.3 Å². The van der Waals surface area contributed by atoms with E-state index in [-0.39, 0.29) is 18.5 Å². The summed E-state index contributed by atoms with van der Waals surface area (Å²) in [4.78, 5) is 63.2. The minimum atomic E-state index is -1.62. The van der Waals surface area contributed by atoms with Crippen molar-refractivity contribution >= 4 is 29.3 Å². The Morgan fingerprint density at radius 2 is 1.85 bits per heavy atom. The van der Waals surface area contributed by atoms with Crippen LogP contribution in [0.5, 0.6) is 11.5 Å². The highest BCUT2D eigenvalue weighted by Crippen LogP contribution is 2.46. The number of urea groups is 1. The second kappa shape index (κ2) is 10.2. The molecule has 0 aliphatic carbocycles. The van der Waals surface area contributed by atoms with Crippen LogP contribution in [0.25, 0.3) is 5.65 Å². The first-order valence-electron chi connectivity index (χ1n) is 14.0. The van der Waals surface area contributed by atoms with Crippen LogP contribution in [0.4, 0.5) is 10.6 Å². The van der Waals surface area contributed by atoms with Crippen molar-refractivity contribution in [3.05, 3.63) is 63.6 Å². The molecule has 214 valence electrons. The second-order valence-corrected chi connectivity index (χ2v) is 11.0. The number of methoxy groups -OCH3 is 2. The van der Waals surface area contributed by atoms with E-state index in [9.17, 15) is 19.2 Å². The van der Waals surface area contributed by atoms with Gasteiger partial charge in [-0.1, -0.05) is 25.0 Å². The van der Waals surface area contributed by atoms with E-state index in [2.05, 4.69) is 5.32 Å². The number of benzene rings is 1. The number of ether oxygens (including phenoxy) is 2. The number of hydrogen-bond acceptors (Lipinski definition) is 8. The largest absolute Gasteiger partial charge is 0.493 e. The van der Waals surface area contributed by atoms with Gasteiger partial charge in [0.25, 0.3) is 5.56 Å². The van der Waals surface area contributed by atoms with Crippen molar-refractivity contribution in [3.63, 3.8) is 0 Å². The summed E-state index contributed by atoms with van der Waals surface area (Å²) in [6.07, 6.45) is 5.07. The average molecular weight is 560 g/mol. The second-order valence-electron chi connectivity index (χ2n) is 11.0. The lowest BCUT2D eigenvalue weighted by Crippen LogP contribution is -2.72. The molecular weight excluding hydrogens is 526 g/mol. The number of anilines is 1. The average Bonchev–Trinajstić information content (AvgIpc) is 3.23. The molecule has 11 nitrogen and oxygen atoms in total. The minimum absolute atomic E-state index is 0.0584. The third-order valence-electron chi connectivity index (χ3n) is 8.74. The molecule has 0 radical (unpaired) electrons. The number of fused-ring (bicyclic) bond motifs is 5. The van der Waals surface area contributed by atoms with Crippen LogP contribution in [0.3, 0.4) is 0 Å². The molecule has 2 fully saturated rings. The summed E-state index contributed by atoms with van der Waals surface area (Å²) in [6, 6.07) is 7.82. The van der Waals surface area contributed by atoms with E-state index in [1.54, 1.807) is 38.6 Å². The van der Waals surface area contributed by atoms with Gasteiger partial charge in [0.05, 0.1) is 25.8 Å². The van der Waals surface area contributed by atoms with Crippen molar-refractivity contribution in [1.29, 1.82) is 0 Å². The normalized spacial score (nSPS) is 22.3. The van der Waals surface area contributed by atoms with Crippen LogP contribution < -0.4 is 25.2 Å². The third kappa shape index (κ3) is 4.13. The number of imide groups is 2. The molecule has 41 heavy (non-hydrogen) atoms. The Bertz CT molecular complexity index is 1630. The predicted molar refractivity (Wildman–Crippen MR) is 150 cm³/mol. The van der Waals surface area contributed by atoms with E-state index in [1.807, 2.05) is 24.0 Å². The molecule has 4 amide bonds. The van der Waals surface area contributed by atoms with Gasteiger partial charge in [-0.05, 0) is 55.5 Å². The smallest absolute Gasteiger partial charge is 0.330 e. The summed E-state index contributed by atoms with van der Waals surface area (Å²) in [5, 5.41) is 2.47. The molecule has 0 bridgehead atoms. The maximum Gasteiger partial charge on any atom is 0.330 e. The van der Waals surface area contributed by atoms with Gasteiger partial charge < -0.3 is 14.4 Å². The molecule has 3 aliphatic rings. The molecule has 2 aromatic heterocycles. The van der Waals surface area contributed by atoms with E-state index in [0.29, 0.717) is 47.9 Å². The quantitative estimate of drug-likeness (QED) is 0.474. The first-order valence-corrected chi connectivity index (χ1v) is 14.0. The third-order valence-corrected chi connectivity index (χ3v) is 8.74. The summed E-state index contributed by atoms with van der Waals surface area (Å²) >= 11 is 0. The Morgan fingerprint density at radius 3 is 2.63 bits per heavy atom. The predicted octanol–water partition coefficient (Wildman–Crippen LogP) is 2.63. The maximum atomic E-state index is 14.4. The number of nitrogens with one attached hydrogen (secondary N) is 1. The molecule has 0 unspecified atom stereocenters. The van der Waals surface area contributed by atoms with Crippen molar-refractivity contribution in [2.75, 3.05) is 32.2 Å². The Morgan fingerprint density at radius 1 is 1.05 bits per heavy atom. The van der Waals surface area contributed by atoms with Crippen molar-refractivity contribution in [2.24, 2.45) is 5.41 Å². The summed E-state index contributed by atoms with van der Waals surface area (Å²) in [5.41, 5.74) is 0.651. The number of nitrogens with zero attached hydrogens (tertiary/aromatic N) is 4. The highest BCUT2D eigenvalue weighted by atomic mass is 16.5.